The van der Waals surface area contributed by atoms with E-state index in [0.29, 0.717) is 10.6 Å². The Labute approximate surface area is 192 Å². The lowest BCUT2D eigenvalue weighted by molar-refractivity contribution is -0.385. The molecule has 11 nitrogen and oxygen atoms in total. The topological polar surface area (TPSA) is 148 Å². The molecule has 3 amide bonds. The lowest BCUT2D eigenvalue weighted by Gasteiger charge is -2.17. The number of nitro groups is 1. The van der Waals surface area contributed by atoms with E-state index >= 15 is 0 Å². The molecule has 1 saturated heterocycles. The van der Waals surface area contributed by atoms with E-state index in [-0.39, 0.29) is 29.9 Å². The molecule has 0 spiro atoms. The summed E-state index contributed by atoms with van der Waals surface area (Å²) >= 11 is 5.78. The van der Waals surface area contributed by atoms with E-state index in [9.17, 15) is 29.3 Å². The number of ether oxygens (including phenoxy) is 1. The van der Waals surface area contributed by atoms with E-state index in [1.807, 2.05) is 0 Å². The van der Waals surface area contributed by atoms with Gasteiger partial charge in [0.1, 0.15) is 0 Å². The van der Waals surface area contributed by atoms with Gasteiger partial charge in [-0.25, -0.2) is 0 Å². The molecule has 0 aliphatic carbocycles. The molecule has 0 aromatic heterocycles. The van der Waals surface area contributed by atoms with Gasteiger partial charge < -0.3 is 10.1 Å². The molecule has 1 atom stereocenters. The fourth-order valence-electron chi connectivity index (χ4n) is 3.10. The van der Waals surface area contributed by atoms with Crippen LogP contribution in [-0.2, 0) is 19.1 Å². The van der Waals surface area contributed by atoms with Gasteiger partial charge in [0, 0.05) is 34.3 Å². The van der Waals surface area contributed by atoms with Gasteiger partial charge in [-0.1, -0.05) is 17.7 Å². The Bertz CT molecular complexity index is 1120. The van der Waals surface area contributed by atoms with Crippen molar-refractivity contribution >= 4 is 46.7 Å². The second kappa shape index (κ2) is 10.1. The largest absolute Gasteiger partial charge is 0.455 e. The Kier molecular flexibility index (Phi) is 7.23. The van der Waals surface area contributed by atoms with Crippen LogP contribution in [0.2, 0.25) is 5.02 Å². The number of nitro benzene ring substituents is 1. The summed E-state index contributed by atoms with van der Waals surface area (Å²) in [5.74, 6) is -3.36. The van der Waals surface area contributed by atoms with Crippen LogP contribution in [0, 0.1) is 23.0 Å². The summed E-state index contributed by atoms with van der Waals surface area (Å²) in [6.07, 6.45) is -0.189. The van der Waals surface area contributed by atoms with Gasteiger partial charge >= 0.3 is 5.97 Å². The number of carbonyl (C=O) groups is 4. The molecule has 3 rings (SSSR count). The van der Waals surface area contributed by atoms with Crippen molar-refractivity contribution in [1.82, 2.24) is 10.4 Å². The molecule has 0 saturated carbocycles. The average Bonchev–Trinajstić information content (AvgIpc) is 3.14. The average molecular weight is 475 g/mol. The molecular weight excluding hydrogens is 456 g/mol. The first-order valence-electron chi connectivity index (χ1n) is 9.72. The van der Waals surface area contributed by atoms with Gasteiger partial charge in [-0.15, -0.1) is 0 Å². The van der Waals surface area contributed by atoms with Crippen molar-refractivity contribution in [2.45, 2.75) is 13.3 Å². The van der Waals surface area contributed by atoms with Crippen LogP contribution in [0.1, 0.15) is 22.3 Å². The number of rotatable bonds is 7. The summed E-state index contributed by atoms with van der Waals surface area (Å²) in [6.45, 7) is 0.820. The van der Waals surface area contributed by atoms with Crippen molar-refractivity contribution in [3.63, 3.8) is 0 Å². The highest BCUT2D eigenvalue weighted by atomic mass is 35.5. The molecule has 2 aromatic carbocycles. The molecule has 2 aromatic rings. The highest BCUT2D eigenvalue weighted by Crippen LogP contribution is 2.22. The number of anilines is 1. The van der Waals surface area contributed by atoms with Crippen LogP contribution in [0.25, 0.3) is 0 Å². The third-order valence-electron chi connectivity index (χ3n) is 4.84. The fraction of sp³-hybridized carbons (Fsp3) is 0.238. The highest BCUT2D eigenvalue weighted by Gasteiger charge is 2.36. The van der Waals surface area contributed by atoms with E-state index in [0.717, 1.165) is 5.01 Å². The van der Waals surface area contributed by atoms with Crippen LogP contribution in [0.5, 0.6) is 0 Å². The van der Waals surface area contributed by atoms with Crippen molar-refractivity contribution in [3.05, 3.63) is 68.7 Å². The van der Waals surface area contributed by atoms with Gasteiger partial charge in [-0.05, 0) is 37.3 Å². The summed E-state index contributed by atoms with van der Waals surface area (Å²) in [4.78, 5) is 59.2. The quantitative estimate of drug-likeness (QED) is 0.355. The first-order chi connectivity index (χ1) is 15.6. The molecule has 0 bridgehead atoms. The van der Waals surface area contributed by atoms with Crippen molar-refractivity contribution in [2.24, 2.45) is 5.92 Å². The van der Waals surface area contributed by atoms with Crippen LogP contribution in [-0.4, -0.2) is 46.8 Å². The first-order valence-corrected chi connectivity index (χ1v) is 10.1. The molecule has 1 aliphatic heterocycles. The SMILES string of the molecule is Cc1ccc(NC(=O)COC(=O)[C@H]2CC(=O)N(NC(=O)c3ccc(Cl)cc3)C2)cc1[N+](=O)[O-]. The number of aryl methyl sites for hydroxylation is 1. The number of hydrazine groups is 1. The first kappa shape index (κ1) is 23.7. The highest BCUT2D eigenvalue weighted by molar-refractivity contribution is 6.30. The van der Waals surface area contributed by atoms with Gasteiger partial charge in [0.2, 0.25) is 5.91 Å². The van der Waals surface area contributed by atoms with Crippen LogP contribution < -0.4 is 10.7 Å². The molecular formula is C21H19ClN4O7. The Morgan fingerprint density at radius 1 is 1.21 bits per heavy atom. The van der Waals surface area contributed by atoms with E-state index in [1.165, 1.54) is 42.5 Å². The molecule has 1 fully saturated rings. The normalized spacial score (nSPS) is 15.2. The minimum absolute atomic E-state index is 0.108. The summed E-state index contributed by atoms with van der Waals surface area (Å²) in [5.41, 5.74) is 3.17. The lowest BCUT2D eigenvalue weighted by Crippen LogP contribution is -2.43. The zero-order chi connectivity index (χ0) is 24.1. The Hall–Kier alpha value is -3.99. The number of hydrogen-bond donors (Lipinski definition) is 2. The number of nitrogens with one attached hydrogen (secondary N) is 2. The van der Waals surface area contributed by atoms with Crippen LogP contribution >= 0.6 is 11.6 Å². The molecule has 12 heteroatoms. The number of amides is 3. The Morgan fingerprint density at radius 2 is 1.91 bits per heavy atom. The van der Waals surface area contributed by atoms with Gasteiger partial charge in [0.05, 0.1) is 17.4 Å². The third-order valence-corrected chi connectivity index (χ3v) is 5.09. The minimum atomic E-state index is -0.865. The zero-order valence-electron chi connectivity index (χ0n) is 17.4. The van der Waals surface area contributed by atoms with Crippen molar-refractivity contribution in [1.29, 1.82) is 0 Å². The predicted molar refractivity (Wildman–Crippen MR) is 116 cm³/mol. The zero-order valence-corrected chi connectivity index (χ0v) is 18.1. The number of nitrogens with zero attached hydrogens (tertiary/aromatic N) is 2. The van der Waals surface area contributed by atoms with Crippen molar-refractivity contribution in [3.8, 4) is 0 Å². The van der Waals surface area contributed by atoms with Crippen molar-refractivity contribution < 1.29 is 28.8 Å². The lowest BCUT2D eigenvalue weighted by atomic mass is 10.1. The number of hydrogen-bond acceptors (Lipinski definition) is 7. The maximum absolute atomic E-state index is 12.3. The number of esters is 1. The van der Waals surface area contributed by atoms with Crippen LogP contribution in [0.15, 0.2) is 42.5 Å². The molecule has 0 radical (unpaired) electrons. The number of carbonyl (C=O) groups excluding carboxylic acids is 4. The fourth-order valence-corrected chi connectivity index (χ4v) is 3.22. The van der Waals surface area contributed by atoms with E-state index in [4.69, 9.17) is 16.3 Å². The standard InChI is InChI=1S/C21H19ClN4O7/c1-12-2-7-16(9-17(12)26(31)32)23-18(27)11-33-21(30)14-8-19(28)25(10-14)24-20(29)13-3-5-15(22)6-4-13/h2-7,9,14H,8,10-11H2,1H3,(H,23,27)(H,24,29)/t14-/m0/s1. The molecule has 33 heavy (non-hydrogen) atoms. The monoisotopic (exact) mass is 474 g/mol. The maximum atomic E-state index is 12.3. The molecule has 0 unspecified atom stereocenters. The molecule has 172 valence electrons. The maximum Gasteiger partial charge on any atom is 0.311 e. The van der Waals surface area contributed by atoms with E-state index < -0.39 is 41.1 Å². The van der Waals surface area contributed by atoms with Crippen molar-refractivity contribution in [2.75, 3.05) is 18.5 Å². The molecule has 1 heterocycles. The van der Waals surface area contributed by atoms with Crippen LogP contribution in [0.4, 0.5) is 11.4 Å². The molecule has 1 aliphatic rings. The minimum Gasteiger partial charge on any atom is -0.455 e. The third kappa shape index (κ3) is 6.04. The second-order valence-corrected chi connectivity index (χ2v) is 7.70. The number of halogens is 1. The van der Waals surface area contributed by atoms with Crippen LogP contribution in [0.3, 0.4) is 0 Å². The smallest absolute Gasteiger partial charge is 0.311 e. The number of benzene rings is 2. The summed E-state index contributed by atoms with van der Waals surface area (Å²) in [6, 6.07) is 10.2. The van der Waals surface area contributed by atoms with Gasteiger partial charge in [-0.3, -0.25) is 39.7 Å². The Morgan fingerprint density at radius 3 is 2.58 bits per heavy atom. The summed E-state index contributed by atoms with van der Waals surface area (Å²) in [7, 11) is 0. The van der Waals surface area contributed by atoms with Gasteiger partial charge in [-0.2, -0.15) is 0 Å². The Balaban J connectivity index is 1.49. The van der Waals surface area contributed by atoms with Gasteiger partial charge in [0.15, 0.2) is 6.61 Å². The predicted octanol–water partition coefficient (Wildman–Crippen LogP) is 2.23. The van der Waals surface area contributed by atoms with E-state index in [1.54, 1.807) is 6.92 Å². The van der Waals surface area contributed by atoms with Gasteiger partial charge in [0.25, 0.3) is 17.5 Å². The summed E-state index contributed by atoms with van der Waals surface area (Å²) in [5, 5.41) is 14.9. The van der Waals surface area contributed by atoms with E-state index in [2.05, 4.69) is 10.7 Å². The second-order valence-electron chi connectivity index (χ2n) is 7.27. The molecule has 2 N–H and O–H groups in total. The summed E-state index contributed by atoms with van der Waals surface area (Å²) < 4.78 is 4.97.